The molecule has 1 aromatic carbocycles. The zero-order valence-corrected chi connectivity index (χ0v) is 13.2. The number of anilines is 1. The summed E-state index contributed by atoms with van der Waals surface area (Å²) < 4.78 is 5.40. The predicted molar refractivity (Wildman–Crippen MR) is 87.2 cm³/mol. The first-order valence-electron chi connectivity index (χ1n) is 7.58. The van der Waals surface area contributed by atoms with Gasteiger partial charge >= 0.3 is 0 Å². The third-order valence-corrected chi connectivity index (χ3v) is 5.34. The Bertz CT molecular complexity index is 503. The SMILES string of the molecule is COc1ccccc1N1CCC[C@@H](N[C@@H]2CCSC2)C1=O. The first kappa shape index (κ1) is 14.7. The third-order valence-electron chi connectivity index (χ3n) is 4.18. The number of hydrogen-bond donors (Lipinski definition) is 1. The van der Waals surface area contributed by atoms with Crippen LogP contribution in [0.4, 0.5) is 5.69 Å². The van der Waals surface area contributed by atoms with Gasteiger partial charge in [0.2, 0.25) is 5.91 Å². The molecule has 4 nitrogen and oxygen atoms in total. The number of nitrogens with zero attached hydrogens (tertiary/aromatic N) is 1. The second-order valence-electron chi connectivity index (χ2n) is 5.58. The van der Waals surface area contributed by atoms with Gasteiger partial charge in [-0.05, 0) is 37.1 Å². The zero-order chi connectivity index (χ0) is 14.7. The Labute approximate surface area is 130 Å². The average molecular weight is 306 g/mol. The molecule has 2 aliphatic rings. The summed E-state index contributed by atoms with van der Waals surface area (Å²) in [6.45, 7) is 0.775. The van der Waals surface area contributed by atoms with Crippen molar-refractivity contribution in [1.82, 2.24) is 5.32 Å². The van der Waals surface area contributed by atoms with Gasteiger partial charge < -0.3 is 15.0 Å². The summed E-state index contributed by atoms with van der Waals surface area (Å²) >= 11 is 1.97. The van der Waals surface area contributed by atoms with Crippen LogP contribution in [0, 0.1) is 0 Å². The van der Waals surface area contributed by atoms with E-state index in [9.17, 15) is 4.79 Å². The molecule has 3 rings (SSSR count). The first-order valence-corrected chi connectivity index (χ1v) is 8.73. The van der Waals surface area contributed by atoms with Crippen molar-refractivity contribution in [3.8, 4) is 5.75 Å². The van der Waals surface area contributed by atoms with Gasteiger partial charge in [0.15, 0.2) is 0 Å². The molecule has 0 aliphatic carbocycles. The van der Waals surface area contributed by atoms with Crippen LogP contribution in [0.1, 0.15) is 19.3 Å². The highest BCUT2D eigenvalue weighted by molar-refractivity contribution is 7.99. The van der Waals surface area contributed by atoms with Crippen LogP contribution in [0.2, 0.25) is 0 Å². The molecule has 5 heteroatoms. The van der Waals surface area contributed by atoms with E-state index in [1.54, 1.807) is 7.11 Å². The van der Waals surface area contributed by atoms with Crippen LogP contribution >= 0.6 is 11.8 Å². The summed E-state index contributed by atoms with van der Waals surface area (Å²) in [6.07, 6.45) is 3.13. The van der Waals surface area contributed by atoms with E-state index in [2.05, 4.69) is 5.32 Å². The molecule has 114 valence electrons. The molecule has 21 heavy (non-hydrogen) atoms. The lowest BCUT2D eigenvalue weighted by molar-refractivity contribution is -0.122. The summed E-state index contributed by atoms with van der Waals surface area (Å²) in [5.74, 6) is 3.28. The van der Waals surface area contributed by atoms with Gasteiger partial charge in [-0.25, -0.2) is 0 Å². The van der Waals surface area contributed by atoms with Gasteiger partial charge in [-0.15, -0.1) is 0 Å². The molecular weight excluding hydrogens is 284 g/mol. The average Bonchev–Trinajstić information content (AvgIpc) is 3.02. The monoisotopic (exact) mass is 306 g/mol. The van der Waals surface area contributed by atoms with Gasteiger partial charge in [0.25, 0.3) is 0 Å². The number of rotatable bonds is 4. The molecule has 0 radical (unpaired) electrons. The van der Waals surface area contributed by atoms with Crippen molar-refractivity contribution in [2.24, 2.45) is 0 Å². The second-order valence-corrected chi connectivity index (χ2v) is 6.73. The molecule has 0 bridgehead atoms. The molecule has 2 aliphatic heterocycles. The van der Waals surface area contributed by atoms with Gasteiger partial charge in [0.05, 0.1) is 18.8 Å². The van der Waals surface area contributed by atoms with Crippen molar-refractivity contribution < 1.29 is 9.53 Å². The smallest absolute Gasteiger partial charge is 0.244 e. The normalized spacial score (nSPS) is 26.1. The number of carbonyl (C=O) groups is 1. The van der Waals surface area contributed by atoms with Crippen LogP contribution in [0.25, 0.3) is 0 Å². The van der Waals surface area contributed by atoms with E-state index in [-0.39, 0.29) is 11.9 Å². The molecule has 2 atom stereocenters. The van der Waals surface area contributed by atoms with Crippen molar-refractivity contribution in [2.75, 3.05) is 30.1 Å². The van der Waals surface area contributed by atoms with E-state index in [0.717, 1.165) is 36.6 Å². The number of benzene rings is 1. The summed E-state index contributed by atoms with van der Waals surface area (Å²) in [7, 11) is 1.65. The Balaban J connectivity index is 1.74. The first-order chi connectivity index (χ1) is 10.3. The van der Waals surface area contributed by atoms with Crippen molar-refractivity contribution in [3.05, 3.63) is 24.3 Å². The highest BCUT2D eigenvalue weighted by Gasteiger charge is 2.32. The number of amides is 1. The largest absolute Gasteiger partial charge is 0.495 e. The second kappa shape index (κ2) is 6.71. The van der Waals surface area contributed by atoms with E-state index in [1.807, 2.05) is 40.9 Å². The molecule has 1 N–H and O–H groups in total. The summed E-state index contributed by atoms with van der Waals surface area (Å²) in [5, 5.41) is 3.55. The fourth-order valence-electron chi connectivity index (χ4n) is 3.07. The van der Waals surface area contributed by atoms with E-state index in [0.29, 0.717) is 6.04 Å². The van der Waals surface area contributed by atoms with E-state index in [1.165, 1.54) is 12.2 Å². The van der Waals surface area contributed by atoms with Crippen molar-refractivity contribution >= 4 is 23.4 Å². The highest BCUT2D eigenvalue weighted by Crippen LogP contribution is 2.31. The fraction of sp³-hybridized carbons (Fsp3) is 0.562. The molecule has 0 unspecified atom stereocenters. The fourth-order valence-corrected chi connectivity index (χ4v) is 4.24. The van der Waals surface area contributed by atoms with E-state index < -0.39 is 0 Å². The molecule has 0 spiro atoms. The summed E-state index contributed by atoms with van der Waals surface area (Å²) in [5.41, 5.74) is 0.886. The summed E-state index contributed by atoms with van der Waals surface area (Å²) in [6, 6.07) is 8.20. The molecule has 1 amide bonds. The maximum absolute atomic E-state index is 12.8. The van der Waals surface area contributed by atoms with Gasteiger partial charge in [-0.3, -0.25) is 4.79 Å². The quantitative estimate of drug-likeness (QED) is 0.927. The minimum absolute atomic E-state index is 0.0487. The maximum Gasteiger partial charge on any atom is 0.244 e. The highest BCUT2D eigenvalue weighted by atomic mass is 32.2. The lowest BCUT2D eigenvalue weighted by Crippen LogP contribution is -2.53. The number of hydrogen-bond acceptors (Lipinski definition) is 4. The predicted octanol–water partition coefficient (Wildman–Crippen LogP) is 2.29. The Morgan fingerprint density at radius 2 is 2.19 bits per heavy atom. The van der Waals surface area contributed by atoms with Crippen LogP contribution in [0.15, 0.2) is 24.3 Å². The van der Waals surface area contributed by atoms with Crippen LogP contribution in [0.3, 0.4) is 0 Å². The van der Waals surface area contributed by atoms with Crippen LogP contribution in [-0.4, -0.2) is 43.2 Å². The molecular formula is C16H22N2O2S. The van der Waals surface area contributed by atoms with Crippen molar-refractivity contribution in [2.45, 2.75) is 31.3 Å². The standard InChI is InChI=1S/C16H22N2O2S/c1-20-15-7-3-2-6-14(15)18-9-4-5-13(16(18)19)17-12-8-10-21-11-12/h2-3,6-7,12-13,17H,4-5,8-11H2,1H3/t12-,13-/m1/s1. The van der Waals surface area contributed by atoms with Crippen LogP contribution < -0.4 is 15.0 Å². The number of para-hydroxylation sites is 2. The number of nitrogens with one attached hydrogen (secondary N) is 1. The number of ether oxygens (including phenoxy) is 1. The molecule has 0 saturated carbocycles. The van der Waals surface area contributed by atoms with Crippen LogP contribution in [-0.2, 0) is 4.79 Å². The Hall–Kier alpha value is -1.20. The molecule has 2 fully saturated rings. The van der Waals surface area contributed by atoms with Crippen molar-refractivity contribution in [3.63, 3.8) is 0 Å². The topological polar surface area (TPSA) is 41.6 Å². The maximum atomic E-state index is 12.8. The Morgan fingerprint density at radius 3 is 2.95 bits per heavy atom. The van der Waals surface area contributed by atoms with Gasteiger partial charge in [0, 0.05) is 18.3 Å². The van der Waals surface area contributed by atoms with Crippen LogP contribution in [0.5, 0.6) is 5.75 Å². The van der Waals surface area contributed by atoms with Gasteiger partial charge in [-0.1, -0.05) is 12.1 Å². The molecule has 0 aromatic heterocycles. The Morgan fingerprint density at radius 1 is 1.33 bits per heavy atom. The number of piperidine rings is 1. The molecule has 1 aromatic rings. The van der Waals surface area contributed by atoms with E-state index >= 15 is 0 Å². The number of carbonyl (C=O) groups excluding carboxylic acids is 1. The van der Waals surface area contributed by atoms with Crippen molar-refractivity contribution in [1.29, 1.82) is 0 Å². The lowest BCUT2D eigenvalue weighted by atomic mass is 10.0. The molecule has 2 heterocycles. The van der Waals surface area contributed by atoms with Gasteiger partial charge in [0.1, 0.15) is 5.75 Å². The third kappa shape index (κ3) is 3.19. The lowest BCUT2D eigenvalue weighted by Gasteiger charge is -2.34. The minimum Gasteiger partial charge on any atom is -0.495 e. The molecule has 2 saturated heterocycles. The minimum atomic E-state index is -0.0487. The number of thioether (sulfide) groups is 1. The number of methoxy groups -OCH3 is 1. The van der Waals surface area contributed by atoms with Gasteiger partial charge in [-0.2, -0.15) is 11.8 Å². The summed E-state index contributed by atoms with van der Waals surface area (Å²) in [4.78, 5) is 14.7. The zero-order valence-electron chi connectivity index (χ0n) is 12.4. The Kier molecular flexibility index (Phi) is 4.70. The van der Waals surface area contributed by atoms with E-state index in [4.69, 9.17) is 4.74 Å².